The van der Waals surface area contributed by atoms with Crippen molar-refractivity contribution in [2.75, 3.05) is 0 Å². The van der Waals surface area contributed by atoms with E-state index >= 15 is 0 Å². The monoisotopic (exact) mass is 456 g/mol. The molecule has 0 N–H and O–H groups in total. The summed E-state index contributed by atoms with van der Waals surface area (Å²) in [6, 6.07) is 18.0. The van der Waals surface area contributed by atoms with Gasteiger partial charge in [0.15, 0.2) is 0 Å². The van der Waals surface area contributed by atoms with Gasteiger partial charge in [-0.3, -0.25) is 0 Å². The summed E-state index contributed by atoms with van der Waals surface area (Å²) in [5.41, 5.74) is 8.93. The number of allylic oxidation sites excluding steroid dienone is 8. The summed E-state index contributed by atoms with van der Waals surface area (Å²) in [6.45, 7) is 9.23. The second-order valence-corrected chi connectivity index (χ2v) is 12.2. The van der Waals surface area contributed by atoms with Crippen molar-refractivity contribution in [1.29, 1.82) is 0 Å². The van der Waals surface area contributed by atoms with E-state index in [-0.39, 0.29) is 0 Å². The Hall–Kier alpha value is -1.72. The van der Waals surface area contributed by atoms with Crippen molar-refractivity contribution < 1.29 is 23.2 Å². The van der Waals surface area contributed by atoms with Crippen molar-refractivity contribution in [3.05, 3.63) is 102 Å². The van der Waals surface area contributed by atoms with Crippen molar-refractivity contribution in [2.24, 2.45) is 0 Å². The molecule has 0 aliphatic heterocycles. The van der Waals surface area contributed by atoms with Gasteiger partial charge in [-0.2, -0.15) is 0 Å². The van der Waals surface area contributed by atoms with Gasteiger partial charge >= 0.3 is 188 Å². The molecule has 2 aliphatic carbocycles. The first-order valence-electron chi connectivity index (χ1n) is 10.8. The molecule has 1 heteroatoms. The van der Waals surface area contributed by atoms with Crippen LogP contribution in [0.5, 0.6) is 0 Å². The molecule has 0 nitrogen and oxygen atoms in total. The third-order valence-corrected chi connectivity index (χ3v) is 9.72. The van der Waals surface area contributed by atoms with Crippen LogP contribution in [0.1, 0.15) is 74.6 Å². The van der Waals surface area contributed by atoms with E-state index in [1.165, 1.54) is 33.4 Å². The first kappa shape index (κ1) is 20.6. The maximum atomic E-state index is 2.39. The van der Waals surface area contributed by atoms with E-state index in [4.69, 9.17) is 0 Å². The predicted molar refractivity (Wildman–Crippen MR) is 122 cm³/mol. The second-order valence-electron chi connectivity index (χ2n) is 8.61. The Bertz CT molecular complexity index is 944. The standard InChI is InChI=1S/2C14H15.Zr/c2*1-11(2)13-9-5-6-10-14(13)12-7-3-4-8-12;/h2*3,5-7,9-11H,4H2,1-2H3;. The fraction of sp³-hybridized carbons (Fsp3) is 0.286. The molecule has 2 aliphatic rings. The van der Waals surface area contributed by atoms with Crippen LogP contribution < -0.4 is 0 Å². The molecule has 0 fully saturated rings. The molecule has 0 spiro atoms. The van der Waals surface area contributed by atoms with Gasteiger partial charge in [0.05, 0.1) is 0 Å². The molecule has 0 saturated carbocycles. The molecule has 0 heterocycles. The van der Waals surface area contributed by atoms with E-state index < -0.39 is 23.2 Å². The van der Waals surface area contributed by atoms with Crippen LogP contribution in [-0.4, -0.2) is 0 Å². The van der Waals surface area contributed by atoms with E-state index in [1.807, 2.05) is 0 Å². The summed E-state index contributed by atoms with van der Waals surface area (Å²) in [7, 11) is 0. The van der Waals surface area contributed by atoms with Crippen LogP contribution in [0.2, 0.25) is 0 Å². The zero-order valence-electron chi connectivity index (χ0n) is 18.0. The topological polar surface area (TPSA) is 0 Å². The number of hydrogen-bond acceptors (Lipinski definition) is 0. The van der Waals surface area contributed by atoms with E-state index in [0.29, 0.717) is 11.8 Å². The average molecular weight is 458 g/mol. The van der Waals surface area contributed by atoms with Crippen molar-refractivity contribution in [1.82, 2.24) is 0 Å². The number of rotatable bonds is 6. The molecule has 0 amide bonds. The van der Waals surface area contributed by atoms with E-state index in [1.54, 1.807) is 6.56 Å². The number of hydrogen-bond donors (Lipinski definition) is 0. The first-order chi connectivity index (χ1) is 14.1. The van der Waals surface area contributed by atoms with Gasteiger partial charge in [0, 0.05) is 0 Å². The average Bonchev–Trinajstić information content (AvgIpc) is 3.37. The van der Waals surface area contributed by atoms with Gasteiger partial charge in [0.1, 0.15) is 0 Å². The minimum absolute atomic E-state index is 0.556. The summed E-state index contributed by atoms with van der Waals surface area (Å²) in [4.78, 5) is 0. The zero-order valence-corrected chi connectivity index (χ0v) is 20.5. The van der Waals surface area contributed by atoms with Crippen molar-refractivity contribution in [2.45, 2.75) is 52.4 Å². The van der Waals surface area contributed by atoms with Gasteiger partial charge in [-0.15, -0.1) is 0 Å². The fourth-order valence-corrected chi connectivity index (χ4v) is 8.14. The van der Waals surface area contributed by atoms with Crippen molar-refractivity contribution in [3.8, 4) is 0 Å². The van der Waals surface area contributed by atoms with Crippen LogP contribution in [0.4, 0.5) is 0 Å². The van der Waals surface area contributed by atoms with Crippen LogP contribution in [0, 0.1) is 0 Å². The third kappa shape index (κ3) is 4.26. The molecule has 0 bridgehead atoms. The third-order valence-electron chi connectivity index (χ3n) is 5.91. The molecule has 0 saturated heterocycles. The van der Waals surface area contributed by atoms with Gasteiger partial charge < -0.3 is 0 Å². The van der Waals surface area contributed by atoms with Gasteiger partial charge in [-0.1, -0.05) is 0 Å². The van der Waals surface area contributed by atoms with Crippen LogP contribution in [0.25, 0.3) is 11.1 Å². The van der Waals surface area contributed by atoms with Crippen LogP contribution in [-0.2, 0) is 23.2 Å². The summed E-state index contributed by atoms with van der Waals surface area (Å²) in [5, 5.41) is 0. The van der Waals surface area contributed by atoms with Crippen molar-refractivity contribution in [3.63, 3.8) is 0 Å². The predicted octanol–water partition coefficient (Wildman–Crippen LogP) is 8.06. The SMILES string of the molecule is CC(C)c1ccccc1C1=[C]([Zr][C]2=C(c3ccccc3C(C)C)C=CC2)CC=C1. The fourth-order valence-electron chi connectivity index (χ4n) is 4.43. The summed E-state index contributed by atoms with van der Waals surface area (Å²) < 4.78 is 3.47. The van der Waals surface area contributed by atoms with Gasteiger partial charge in [0.25, 0.3) is 0 Å². The van der Waals surface area contributed by atoms with E-state index in [0.717, 1.165) is 12.8 Å². The minimum atomic E-state index is -0.810. The molecule has 0 aromatic heterocycles. The molecule has 4 rings (SSSR count). The molecular weight excluding hydrogens is 428 g/mol. The molecule has 0 atom stereocenters. The van der Waals surface area contributed by atoms with Crippen LogP contribution in [0.3, 0.4) is 0 Å². The van der Waals surface area contributed by atoms with Crippen LogP contribution in [0.15, 0.2) is 79.4 Å². The zero-order chi connectivity index (χ0) is 20.4. The Morgan fingerprint density at radius 1 is 0.621 bits per heavy atom. The summed E-state index contributed by atoms with van der Waals surface area (Å²) in [5.74, 6) is 1.11. The van der Waals surface area contributed by atoms with Crippen LogP contribution >= 0.6 is 0 Å². The normalized spacial score (nSPS) is 16.1. The Balaban J connectivity index is 1.74. The quantitative estimate of drug-likeness (QED) is 0.411. The Kier molecular flexibility index (Phi) is 6.36. The Labute approximate surface area is 187 Å². The van der Waals surface area contributed by atoms with E-state index in [9.17, 15) is 0 Å². The molecule has 0 radical (unpaired) electrons. The van der Waals surface area contributed by atoms with Gasteiger partial charge in [0.2, 0.25) is 0 Å². The van der Waals surface area contributed by atoms with Gasteiger partial charge in [-0.05, 0) is 0 Å². The summed E-state index contributed by atoms with van der Waals surface area (Å²) >= 11 is -0.810. The van der Waals surface area contributed by atoms with E-state index in [2.05, 4.69) is 101 Å². The molecular formula is C28H30Zr. The summed E-state index contributed by atoms with van der Waals surface area (Å²) in [6.07, 6.45) is 11.8. The Morgan fingerprint density at radius 3 is 1.45 bits per heavy atom. The Morgan fingerprint density at radius 2 is 1.03 bits per heavy atom. The van der Waals surface area contributed by atoms with Gasteiger partial charge in [-0.25, -0.2) is 0 Å². The van der Waals surface area contributed by atoms with Crippen molar-refractivity contribution >= 4 is 11.1 Å². The molecule has 2 aromatic rings. The number of benzene rings is 2. The first-order valence-corrected chi connectivity index (χ1v) is 13.3. The molecule has 2 aromatic carbocycles. The second kappa shape index (κ2) is 8.97. The molecule has 146 valence electrons. The molecule has 0 unspecified atom stereocenters. The maximum absolute atomic E-state index is 2.39. The molecule has 29 heavy (non-hydrogen) atoms.